The summed E-state index contributed by atoms with van der Waals surface area (Å²) in [6, 6.07) is 0. The van der Waals surface area contributed by atoms with Crippen molar-refractivity contribution in [3.63, 3.8) is 0 Å². The Morgan fingerprint density at radius 2 is 2.14 bits per heavy atom. The SMILES string of the molecule is CN=C(NCC(=O)NC(C)(C)C)N(C)Cc1csc(C)n1. The van der Waals surface area contributed by atoms with Crippen molar-refractivity contribution < 1.29 is 4.79 Å². The molecule has 0 bridgehead atoms. The molecule has 0 fully saturated rings. The number of aliphatic imine (C=N–C) groups is 1. The summed E-state index contributed by atoms with van der Waals surface area (Å²) in [7, 11) is 3.62. The molecule has 0 saturated carbocycles. The molecular weight excluding hydrogens is 286 g/mol. The van der Waals surface area contributed by atoms with Crippen LogP contribution in [0.25, 0.3) is 0 Å². The monoisotopic (exact) mass is 311 g/mol. The van der Waals surface area contributed by atoms with E-state index < -0.39 is 0 Å². The normalized spacial score (nSPS) is 12.2. The Morgan fingerprint density at radius 3 is 2.62 bits per heavy atom. The summed E-state index contributed by atoms with van der Waals surface area (Å²) >= 11 is 1.63. The van der Waals surface area contributed by atoms with E-state index in [1.807, 2.05) is 45.0 Å². The van der Waals surface area contributed by atoms with Crippen LogP contribution in [0.5, 0.6) is 0 Å². The first-order valence-corrected chi connectivity index (χ1v) is 7.73. The minimum absolute atomic E-state index is 0.0541. The molecule has 0 spiro atoms. The number of guanidine groups is 1. The Kier molecular flexibility index (Phi) is 6.14. The molecule has 0 aliphatic heterocycles. The Morgan fingerprint density at radius 1 is 1.48 bits per heavy atom. The molecule has 2 N–H and O–H groups in total. The molecule has 1 aromatic heterocycles. The predicted octanol–water partition coefficient (Wildman–Crippen LogP) is 1.37. The van der Waals surface area contributed by atoms with Gasteiger partial charge in [-0.15, -0.1) is 11.3 Å². The minimum Gasteiger partial charge on any atom is -0.350 e. The molecule has 6 nitrogen and oxygen atoms in total. The van der Waals surface area contributed by atoms with E-state index in [1.165, 1.54) is 0 Å². The smallest absolute Gasteiger partial charge is 0.239 e. The molecule has 1 rings (SSSR count). The Labute approximate surface area is 130 Å². The van der Waals surface area contributed by atoms with Crippen molar-refractivity contribution in [1.29, 1.82) is 0 Å². The summed E-state index contributed by atoms with van der Waals surface area (Å²) in [5.41, 5.74) is 0.772. The Hall–Kier alpha value is -1.63. The van der Waals surface area contributed by atoms with Gasteiger partial charge in [0.15, 0.2) is 5.96 Å². The largest absolute Gasteiger partial charge is 0.350 e. The highest BCUT2D eigenvalue weighted by Gasteiger charge is 2.15. The van der Waals surface area contributed by atoms with Crippen LogP contribution in [0.1, 0.15) is 31.5 Å². The van der Waals surface area contributed by atoms with Gasteiger partial charge in [0.1, 0.15) is 0 Å². The maximum absolute atomic E-state index is 11.8. The molecule has 0 saturated heterocycles. The molecule has 0 aromatic carbocycles. The quantitative estimate of drug-likeness (QED) is 0.651. The molecule has 0 unspecified atom stereocenters. The van der Waals surface area contributed by atoms with Crippen LogP contribution < -0.4 is 10.6 Å². The molecule has 118 valence electrons. The van der Waals surface area contributed by atoms with E-state index in [9.17, 15) is 4.79 Å². The van der Waals surface area contributed by atoms with Crippen LogP contribution in [-0.4, -0.2) is 47.9 Å². The van der Waals surface area contributed by atoms with E-state index in [1.54, 1.807) is 18.4 Å². The van der Waals surface area contributed by atoms with Crippen molar-refractivity contribution in [1.82, 2.24) is 20.5 Å². The Balaban J connectivity index is 2.49. The second-order valence-corrected chi connectivity index (χ2v) is 6.98. The van der Waals surface area contributed by atoms with Crippen molar-refractivity contribution >= 4 is 23.2 Å². The second-order valence-electron chi connectivity index (χ2n) is 5.91. The van der Waals surface area contributed by atoms with Crippen molar-refractivity contribution in [3.8, 4) is 0 Å². The summed E-state index contributed by atoms with van der Waals surface area (Å²) < 4.78 is 0. The maximum Gasteiger partial charge on any atom is 0.239 e. The van der Waals surface area contributed by atoms with E-state index in [0.29, 0.717) is 12.5 Å². The van der Waals surface area contributed by atoms with Crippen molar-refractivity contribution in [2.45, 2.75) is 39.8 Å². The third-order valence-corrected chi connectivity index (χ3v) is 3.38. The van der Waals surface area contributed by atoms with E-state index in [2.05, 4.69) is 20.6 Å². The second kappa shape index (κ2) is 7.40. The standard InChI is InChI=1S/C14H25N5OS/c1-10-17-11(9-21-10)8-19(6)13(15-5)16-7-12(20)18-14(2,3)4/h9H,7-8H2,1-6H3,(H,15,16)(H,18,20). The lowest BCUT2D eigenvalue weighted by Gasteiger charge is -2.23. The first-order valence-electron chi connectivity index (χ1n) is 6.85. The number of amides is 1. The van der Waals surface area contributed by atoms with Crippen LogP contribution in [0.15, 0.2) is 10.4 Å². The fraction of sp³-hybridized carbons (Fsp3) is 0.643. The average molecular weight is 311 g/mol. The van der Waals surface area contributed by atoms with Crippen LogP contribution >= 0.6 is 11.3 Å². The number of nitrogens with one attached hydrogen (secondary N) is 2. The lowest BCUT2D eigenvalue weighted by atomic mass is 10.1. The summed E-state index contributed by atoms with van der Waals surface area (Å²) in [5, 5.41) is 9.04. The van der Waals surface area contributed by atoms with Crippen LogP contribution in [0.2, 0.25) is 0 Å². The van der Waals surface area contributed by atoms with Crippen LogP contribution in [-0.2, 0) is 11.3 Å². The van der Waals surface area contributed by atoms with Gasteiger partial charge < -0.3 is 15.5 Å². The number of rotatable bonds is 4. The third kappa shape index (κ3) is 6.57. The lowest BCUT2D eigenvalue weighted by molar-refractivity contribution is -0.121. The molecule has 1 aromatic rings. The zero-order valence-electron chi connectivity index (χ0n) is 13.6. The van der Waals surface area contributed by atoms with Crippen LogP contribution in [0, 0.1) is 6.92 Å². The number of hydrogen-bond acceptors (Lipinski definition) is 4. The van der Waals surface area contributed by atoms with Crippen LogP contribution in [0.3, 0.4) is 0 Å². The first-order chi connectivity index (χ1) is 9.71. The van der Waals surface area contributed by atoms with Gasteiger partial charge in [-0.05, 0) is 27.7 Å². The minimum atomic E-state index is -0.230. The van der Waals surface area contributed by atoms with Gasteiger partial charge in [0.05, 0.1) is 23.8 Å². The number of thiazole rings is 1. The molecule has 0 aliphatic rings. The molecule has 7 heteroatoms. The molecule has 0 atom stereocenters. The molecule has 1 heterocycles. The number of hydrogen-bond donors (Lipinski definition) is 2. The van der Waals surface area contributed by atoms with Crippen molar-refractivity contribution in [3.05, 3.63) is 16.1 Å². The summed E-state index contributed by atoms with van der Waals surface area (Å²) in [6.45, 7) is 8.70. The van der Waals surface area contributed by atoms with Crippen molar-refractivity contribution in [2.24, 2.45) is 4.99 Å². The summed E-state index contributed by atoms with van der Waals surface area (Å²) in [5.74, 6) is 0.617. The predicted molar refractivity (Wildman–Crippen MR) is 87.6 cm³/mol. The fourth-order valence-electron chi connectivity index (χ4n) is 1.81. The number of carbonyl (C=O) groups is 1. The van der Waals surface area contributed by atoms with E-state index >= 15 is 0 Å². The number of nitrogens with zero attached hydrogens (tertiary/aromatic N) is 3. The molecule has 21 heavy (non-hydrogen) atoms. The molecule has 0 radical (unpaired) electrons. The van der Waals surface area contributed by atoms with E-state index in [4.69, 9.17) is 0 Å². The molecule has 0 aliphatic carbocycles. The van der Waals surface area contributed by atoms with Gasteiger partial charge in [0.2, 0.25) is 5.91 Å². The maximum atomic E-state index is 11.8. The van der Waals surface area contributed by atoms with E-state index in [0.717, 1.165) is 10.7 Å². The lowest BCUT2D eigenvalue weighted by Crippen LogP contribution is -2.48. The fourth-order valence-corrected chi connectivity index (χ4v) is 2.41. The van der Waals surface area contributed by atoms with Crippen LogP contribution in [0.4, 0.5) is 0 Å². The topological polar surface area (TPSA) is 69.6 Å². The number of aromatic nitrogens is 1. The number of carbonyl (C=O) groups excluding carboxylic acids is 1. The highest BCUT2D eigenvalue weighted by atomic mass is 32.1. The summed E-state index contributed by atoms with van der Waals surface area (Å²) in [4.78, 5) is 22.4. The van der Waals surface area contributed by atoms with Gasteiger partial charge in [-0.1, -0.05) is 0 Å². The van der Waals surface area contributed by atoms with Gasteiger partial charge in [-0.2, -0.15) is 0 Å². The zero-order valence-corrected chi connectivity index (χ0v) is 14.5. The molecular formula is C14H25N5OS. The summed E-state index contributed by atoms with van der Waals surface area (Å²) in [6.07, 6.45) is 0. The first kappa shape index (κ1) is 17.4. The Bertz CT molecular complexity index is 504. The highest BCUT2D eigenvalue weighted by molar-refractivity contribution is 7.09. The average Bonchev–Trinajstić information content (AvgIpc) is 2.73. The van der Waals surface area contributed by atoms with E-state index in [-0.39, 0.29) is 18.0 Å². The molecule has 1 amide bonds. The van der Waals surface area contributed by atoms with Gasteiger partial charge >= 0.3 is 0 Å². The van der Waals surface area contributed by atoms with Gasteiger partial charge in [-0.25, -0.2) is 4.98 Å². The van der Waals surface area contributed by atoms with Crippen molar-refractivity contribution in [2.75, 3.05) is 20.6 Å². The third-order valence-electron chi connectivity index (χ3n) is 2.56. The van der Waals surface area contributed by atoms with Gasteiger partial charge in [-0.3, -0.25) is 9.79 Å². The number of aryl methyl sites for hydroxylation is 1. The van der Waals surface area contributed by atoms with Gasteiger partial charge in [0, 0.05) is 25.0 Å². The van der Waals surface area contributed by atoms with Gasteiger partial charge in [0.25, 0.3) is 0 Å². The highest BCUT2D eigenvalue weighted by Crippen LogP contribution is 2.09. The zero-order chi connectivity index (χ0) is 16.0.